The summed E-state index contributed by atoms with van der Waals surface area (Å²) in [5.41, 5.74) is 7.42. The Hall–Kier alpha value is -0.180. The zero-order valence-electron chi connectivity index (χ0n) is 10.3. The van der Waals surface area contributed by atoms with E-state index in [4.69, 9.17) is 10.3 Å². The Morgan fingerprint density at radius 2 is 2.15 bits per heavy atom. The Balaban J connectivity index is 1.93. The van der Waals surface area contributed by atoms with E-state index in [-0.39, 0.29) is 0 Å². The Morgan fingerprint density at radius 1 is 1.30 bits per heavy atom. The van der Waals surface area contributed by atoms with Gasteiger partial charge in [0.05, 0.1) is 16.5 Å². The highest BCUT2D eigenvalue weighted by molar-refractivity contribution is 9.11. The molecule has 4 nitrogen and oxygen atoms in total. The first-order valence-corrected chi connectivity index (χ1v) is 9.72. The molecule has 106 valence electrons. The van der Waals surface area contributed by atoms with Crippen molar-refractivity contribution in [3.63, 3.8) is 0 Å². The fraction of sp³-hybridized carbons (Fsp3) is 0.333. The molecule has 2 aromatic rings. The summed E-state index contributed by atoms with van der Waals surface area (Å²) in [4.78, 5) is 4.51. The van der Waals surface area contributed by atoms with E-state index in [2.05, 4.69) is 42.0 Å². The average molecular weight is 437 g/mol. The van der Waals surface area contributed by atoms with Crippen LogP contribution in [0, 0.1) is 0 Å². The molecular formula is C12H11Br2N3OS2. The molecule has 1 fully saturated rings. The molecule has 3 rings (SSSR count). The van der Waals surface area contributed by atoms with E-state index in [1.165, 1.54) is 5.75 Å². The molecule has 1 unspecified atom stereocenters. The SMILES string of the molecule is Nc1c(Br)cc(Br)cc1-c1nc(C2CSCCS2)no1. The van der Waals surface area contributed by atoms with E-state index >= 15 is 0 Å². The summed E-state index contributed by atoms with van der Waals surface area (Å²) in [5, 5.41) is 4.42. The van der Waals surface area contributed by atoms with Crippen LogP contribution in [0.15, 0.2) is 25.6 Å². The van der Waals surface area contributed by atoms with Gasteiger partial charge in [0.1, 0.15) is 0 Å². The smallest absolute Gasteiger partial charge is 0.260 e. The van der Waals surface area contributed by atoms with Crippen LogP contribution in [0.2, 0.25) is 0 Å². The van der Waals surface area contributed by atoms with Crippen LogP contribution in [-0.4, -0.2) is 27.4 Å². The highest BCUT2D eigenvalue weighted by Gasteiger charge is 2.23. The van der Waals surface area contributed by atoms with Crippen molar-refractivity contribution in [1.82, 2.24) is 10.1 Å². The molecule has 2 heterocycles. The van der Waals surface area contributed by atoms with Gasteiger partial charge in [-0.15, -0.1) is 11.8 Å². The molecule has 0 bridgehead atoms. The minimum absolute atomic E-state index is 0.308. The van der Waals surface area contributed by atoms with Crippen LogP contribution in [0.25, 0.3) is 11.5 Å². The molecule has 1 aliphatic rings. The van der Waals surface area contributed by atoms with Crippen molar-refractivity contribution in [2.24, 2.45) is 0 Å². The van der Waals surface area contributed by atoms with Gasteiger partial charge in [-0.25, -0.2) is 0 Å². The third-order valence-corrected chi connectivity index (χ3v) is 6.74. The van der Waals surface area contributed by atoms with Gasteiger partial charge in [0, 0.05) is 26.2 Å². The second-order valence-corrected chi connectivity index (χ2v) is 8.47. The minimum Gasteiger partial charge on any atom is -0.397 e. The molecule has 1 atom stereocenters. The molecular weight excluding hydrogens is 426 g/mol. The quantitative estimate of drug-likeness (QED) is 0.705. The van der Waals surface area contributed by atoms with Crippen molar-refractivity contribution in [2.75, 3.05) is 23.0 Å². The fourth-order valence-corrected chi connectivity index (χ4v) is 5.69. The Labute approximate surface area is 141 Å². The van der Waals surface area contributed by atoms with Crippen LogP contribution >= 0.6 is 55.4 Å². The predicted molar refractivity (Wildman–Crippen MR) is 92.1 cm³/mol. The normalized spacial score (nSPS) is 19.2. The van der Waals surface area contributed by atoms with Gasteiger partial charge in [-0.2, -0.15) is 16.7 Å². The van der Waals surface area contributed by atoms with Crippen molar-refractivity contribution in [2.45, 2.75) is 5.25 Å². The standard InChI is InChI=1S/C12H11Br2N3OS2/c13-6-3-7(10(15)8(14)4-6)12-16-11(17-18-12)9-5-19-1-2-20-9/h3-4,9H,1-2,5,15H2. The second kappa shape index (κ2) is 6.29. The molecule has 20 heavy (non-hydrogen) atoms. The third kappa shape index (κ3) is 3.03. The number of hydrogen-bond acceptors (Lipinski definition) is 6. The molecule has 0 amide bonds. The summed E-state index contributed by atoms with van der Waals surface area (Å²) in [6.45, 7) is 0. The topological polar surface area (TPSA) is 64.9 Å². The first kappa shape index (κ1) is 14.7. The Morgan fingerprint density at radius 3 is 2.90 bits per heavy atom. The second-order valence-electron chi connectivity index (χ2n) is 4.24. The van der Waals surface area contributed by atoms with Gasteiger partial charge in [0.25, 0.3) is 5.89 Å². The van der Waals surface area contributed by atoms with Crippen LogP contribution < -0.4 is 5.73 Å². The maximum atomic E-state index is 6.07. The number of benzene rings is 1. The summed E-state index contributed by atoms with van der Waals surface area (Å²) < 4.78 is 7.11. The van der Waals surface area contributed by atoms with Crippen molar-refractivity contribution >= 4 is 61.1 Å². The summed E-state index contributed by atoms with van der Waals surface area (Å²) in [6.07, 6.45) is 0. The van der Waals surface area contributed by atoms with Gasteiger partial charge < -0.3 is 10.3 Å². The molecule has 8 heteroatoms. The summed E-state index contributed by atoms with van der Waals surface area (Å²) >= 11 is 10.7. The van der Waals surface area contributed by atoms with E-state index in [0.717, 1.165) is 31.8 Å². The van der Waals surface area contributed by atoms with Crippen LogP contribution in [0.4, 0.5) is 5.69 Å². The number of anilines is 1. The first-order valence-electron chi connectivity index (χ1n) is 5.93. The summed E-state index contributed by atoms with van der Waals surface area (Å²) in [7, 11) is 0. The minimum atomic E-state index is 0.308. The molecule has 1 aromatic heterocycles. The first-order chi connectivity index (χ1) is 9.65. The van der Waals surface area contributed by atoms with Gasteiger partial charge in [0.2, 0.25) is 0 Å². The van der Waals surface area contributed by atoms with Crippen molar-refractivity contribution in [3.05, 3.63) is 26.9 Å². The number of nitrogen functional groups attached to an aromatic ring is 1. The number of thioether (sulfide) groups is 2. The maximum Gasteiger partial charge on any atom is 0.260 e. The number of hydrogen-bond donors (Lipinski definition) is 1. The van der Waals surface area contributed by atoms with Gasteiger partial charge in [-0.3, -0.25) is 0 Å². The largest absolute Gasteiger partial charge is 0.397 e. The lowest BCUT2D eigenvalue weighted by molar-refractivity contribution is 0.423. The van der Waals surface area contributed by atoms with E-state index in [1.807, 2.05) is 35.7 Å². The average Bonchev–Trinajstić information content (AvgIpc) is 2.93. The highest BCUT2D eigenvalue weighted by atomic mass is 79.9. The molecule has 1 aliphatic heterocycles. The molecule has 2 N–H and O–H groups in total. The molecule has 0 saturated carbocycles. The zero-order valence-corrected chi connectivity index (χ0v) is 15.1. The fourth-order valence-electron chi connectivity index (χ4n) is 1.87. The van der Waals surface area contributed by atoms with Crippen LogP contribution in [0.3, 0.4) is 0 Å². The van der Waals surface area contributed by atoms with E-state index < -0.39 is 0 Å². The molecule has 0 aliphatic carbocycles. The number of aromatic nitrogens is 2. The molecule has 0 spiro atoms. The molecule has 0 radical (unpaired) electrons. The maximum absolute atomic E-state index is 6.07. The monoisotopic (exact) mass is 435 g/mol. The molecule has 1 saturated heterocycles. The number of nitrogens with two attached hydrogens (primary N) is 1. The van der Waals surface area contributed by atoms with Crippen LogP contribution in [-0.2, 0) is 0 Å². The lowest BCUT2D eigenvalue weighted by Crippen LogP contribution is -2.07. The van der Waals surface area contributed by atoms with E-state index in [1.54, 1.807) is 0 Å². The number of nitrogens with zero attached hydrogens (tertiary/aromatic N) is 2. The predicted octanol–water partition coefficient (Wildman–Crippen LogP) is 4.36. The van der Waals surface area contributed by atoms with Gasteiger partial charge >= 0.3 is 0 Å². The summed E-state index contributed by atoms with van der Waals surface area (Å²) in [6, 6.07) is 3.78. The number of halogens is 2. The lowest BCUT2D eigenvalue weighted by atomic mass is 10.2. The van der Waals surface area contributed by atoms with E-state index in [9.17, 15) is 0 Å². The van der Waals surface area contributed by atoms with E-state index in [0.29, 0.717) is 16.8 Å². The van der Waals surface area contributed by atoms with Crippen molar-refractivity contribution < 1.29 is 4.52 Å². The molecule has 1 aromatic carbocycles. The van der Waals surface area contributed by atoms with Crippen molar-refractivity contribution in [1.29, 1.82) is 0 Å². The highest BCUT2D eigenvalue weighted by Crippen LogP contribution is 2.38. The van der Waals surface area contributed by atoms with Crippen molar-refractivity contribution in [3.8, 4) is 11.5 Å². The third-order valence-electron chi connectivity index (χ3n) is 2.87. The van der Waals surface area contributed by atoms with Gasteiger partial charge in [-0.05, 0) is 28.1 Å². The van der Waals surface area contributed by atoms with Gasteiger partial charge in [-0.1, -0.05) is 21.1 Å². The number of rotatable bonds is 2. The Bertz CT molecular complexity index is 629. The van der Waals surface area contributed by atoms with Crippen LogP contribution in [0.1, 0.15) is 11.1 Å². The van der Waals surface area contributed by atoms with Crippen LogP contribution in [0.5, 0.6) is 0 Å². The zero-order chi connectivity index (χ0) is 14.1. The summed E-state index contributed by atoms with van der Waals surface area (Å²) in [5.74, 6) is 4.58. The van der Waals surface area contributed by atoms with Gasteiger partial charge in [0.15, 0.2) is 5.82 Å². The Kier molecular flexibility index (Phi) is 4.64. The lowest BCUT2D eigenvalue weighted by Gasteiger charge is -2.17.